The Morgan fingerprint density at radius 3 is 2.57 bits per heavy atom. The average molecular weight is 312 g/mol. The number of unbranched alkanes of at least 4 members (excludes halogenated alkanes) is 1. The molecule has 0 aromatic rings. The van der Waals surface area contributed by atoms with Gasteiger partial charge in [-0.05, 0) is 88.8 Å². The van der Waals surface area contributed by atoms with Crippen molar-refractivity contribution in [3.8, 4) is 11.8 Å². The zero-order valence-corrected chi connectivity index (χ0v) is 15.3. The lowest BCUT2D eigenvalue weighted by molar-refractivity contribution is 0.132. The van der Waals surface area contributed by atoms with Gasteiger partial charge >= 0.3 is 0 Å². The zero-order chi connectivity index (χ0) is 16.7. The first kappa shape index (κ1) is 18.1. The van der Waals surface area contributed by atoms with Crippen LogP contribution in [0.4, 0.5) is 0 Å². The Morgan fingerprint density at radius 1 is 1.09 bits per heavy atom. The maximum Gasteiger partial charge on any atom is 0.0495 e. The molecule has 0 saturated heterocycles. The molecule has 4 atom stereocenters. The topological polar surface area (TPSA) is 12.4 Å². The van der Waals surface area contributed by atoms with E-state index in [1.807, 2.05) is 0 Å². The fourth-order valence-electron chi connectivity index (χ4n) is 4.20. The van der Waals surface area contributed by atoms with Gasteiger partial charge in [-0.3, -0.25) is 4.99 Å². The maximum atomic E-state index is 4.29. The monoisotopic (exact) mass is 311 g/mol. The molecule has 0 bridgehead atoms. The summed E-state index contributed by atoms with van der Waals surface area (Å²) in [5, 5.41) is 0. The Balaban J connectivity index is 1.90. The van der Waals surface area contributed by atoms with Crippen molar-refractivity contribution in [2.45, 2.75) is 78.2 Å². The lowest BCUT2D eigenvalue weighted by Crippen LogP contribution is -2.32. The molecule has 4 unspecified atom stereocenters. The van der Waals surface area contributed by atoms with Gasteiger partial charge in [0, 0.05) is 12.5 Å². The predicted octanol–water partition coefficient (Wildman–Crippen LogP) is 5.97. The van der Waals surface area contributed by atoms with Crippen LogP contribution in [0.1, 0.15) is 72.1 Å². The molecule has 2 aliphatic carbocycles. The average Bonchev–Trinajstić information content (AvgIpc) is 2.58. The van der Waals surface area contributed by atoms with Gasteiger partial charge in [-0.25, -0.2) is 0 Å². The smallest absolute Gasteiger partial charge is 0.0495 e. The van der Waals surface area contributed by atoms with Crippen molar-refractivity contribution < 1.29 is 0 Å². The molecule has 0 amide bonds. The van der Waals surface area contributed by atoms with Crippen LogP contribution in [0.5, 0.6) is 0 Å². The molecular formula is C22H33N. The van der Waals surface area contributed by atoms with Crippen molar-refractivity contribution in [1.29, 1.82) is 0 Å². The van der Waals surface area contributed by atoms with E-state index >= 15 is 0 Å². The Morgan fingerprint density at radius 2 is 1.83 bits per heavy atom. The standard InChI is InChI=1S/C22H33N/c1-5-6-7-8-17(2)9-10-18(3)19-11-12-21-16-22(23-4)14-13-20(21)15-19/h9-10,19-22H,4-6,11-16H2,1-3H3/b17-9+,18-10+. The number of aliphatic imine (C=N–C) groups is 1. The summed E-state index contributed by atoms with van der Waals surface area (Å²) in [6.45, 7) is 10.4. The predicted molar refractivity (Wildman–Crippen MR) is 102 cm³/mol. The summed E-state index contributed by atoms with van der Waals surface area (Å²) >= 11 is 0. The third-order valence-electron chi connectivity index (χ3n) is 5.74. The number of allylic oxidation sites excluding steroid dienone is 4. The van der Waals surface area contributed by atoms with Crippen molar-refractivity contribution in [3.63, 3.8) is 0 Å². The number of nitrogens with zero attached hydrogens (tertiary/aromatic N) is 1. The molecule has 0 radical (unpaired) electrons. The van der Waals surface area contributed by atoms with Crippen LogP contribution in [0.2, 0.25) is 0 Å². The van der Waals surface area contributed by atoms with E-state index in [0.717, 1.165) is 30.6 Å². The maximum absolute atomic E-state index is 4.29. The minimum absolute atomic E-state index is 0.539. The molecule has 2 saturated carbocycles. The molecule has 0 aromatic heterocycles. The fourth-order valence-corrected chi connectivity index (χ4v) is 4.20. The Bertz CT molecular complexity index is 514. The third kappa shape index (κ3) is 5.38. The summed E-state index contributed by atoms with van der Waals surface area (Å²) < 4.78 is 0. The molecular weight excluding hydrogens is 278 g/mol. The van der Waals surface area contributed by atoms with Crippen LogP contribution in [-0.4, -0.2) is 12.8 Å². The lowest BCUT2D eigenvalue weighted by Gasteiger charge is -2.41. The number of rotatable bonds is 4. The lowest BCUT2D eigenvalue weighted by atomic mass is 9.65. The quantitative estimate of drug-likeness (QED) is 0.344. The van der Waals surface area contributed by atoms with Crippen molar-refractivity contribution in [1.82, 2.24) is 0 Å². The molecule has 126 valence electrons. The number of fused-ring (bicyclic) bond motifs is 1. The molecule has 1 heteroatoms. The van der Waals surface area contributed by atoms with E-state index < -0.39 is 0 Å². The van der Waals surface area contributed by atoms with Gasteiger partial charge in [0.2, 0.25) is 0 Å². The van der Waals surface area contributed by atoms with Crippen LogP contribution >= 0.6 is 0 Å². The summed E-state index contributed by atoms with van der Waals surface area (Å²) in [6, 6.07) is 0.539. The number of hydrogen-bond acceptors (Lipinski definition) is 1. The Kier molecular flexibility index (Phi) is 7.15. The van der Waals surface area contributed by atoms with Gasteiger partial charge in [0.15, 0.2) is 0 Å². The highest BCUT2D eigenvalue weighted by Crippen LogP contribution is 2.45. The molecule has 0 N–H and O–H groups in total. The first-order valence-corrected chi connectivity index (χ1v) is 9.43. The van der Waals surface area contributed by atoms with E-state index in [4.69, 9.17) is 0 Å². The van der Waals surface area contributed by atoms with E-state index in [9.17, 15) is 0 Å². The minimum Gasteiger partial charge on any atom is -0.298 e. The van der Waals surface area contributed by atoms with Gasteiger partial charge < -0.3 is 0 Å². The molecule has 2 fully saturated rings. The highest BCUT2D eigenvalue weighted by molar-refractivity contribution is 5.31. The van der Waals surface area contributed by atoms with Crippen LogP contribution in [-0.2, 0) is 0 Å². The second kappa shape index (κ2) is 9.11. The third-order valence-corrected chi connectivity index (χ3v) is 5.74. The van der Waals surface area contributed by atoms with E-state index in [1.165, 1.54) is 44.1 Å². The van der Waals surface area contributed by atoms with Crippen molar-refractivity contribution in [2.24, 2.45) is 22.7 Å². The van der Waals surface area contributed by atoms with Crippen molar-refractivity contribution in [3.05, 3.63) is 23.3 Å². The summed E-state index contributed by atoms with van der Waals surface area (Å²) in [4.78, 5) is 4.29. The highest BCUT2D eigenvalue weighted by Gasteiger charge is 2.35. The first-order valence-electron chi connectivity index (χ1n) is 9.43. The van der Waals surface area contributed by atoms with Gasteiger partial charge in [-0.1, -0.05) is 36.5 Å². The molecule has 2 rings (SSSR count). The van der Waals surface area contributed by atoms with Crippen LogP contribution < -0.4 is 0 Å². The van der Waals surface area contributed by atoms with Crippen molar-refractivity contribution >= 4 is 6.72 Å². The van der Waals surface area contributed by atoms with Gasteiger partial charge in [-0.15, -0.1) is 0 Å². The minimum atomic E-state index is 0.539. The van der Waals surface area contributed by atoms with E-state index in [1.54, 1.807) is 5.57 Å². The summed E-state index contributed by atoms with van der Waals surface area (Å²) in [5.74, 6) is 9.07. The van der Waals surface area contributed by atoms with Crippen LogP contribution in [0.15, 0.2) is 28.3 Å². The van der Waals surface area contributed by atoms with Crippen LogP contribution in [0.25, 0.3) is 0 Å². The second-order valence-electron chi connectivity index (χ2n) is 7.49. The largest absolute Gasteiger partial charge is 0.298 e. The number of hydrogen-bond donors (Lipinski definition) is 0. The molecule has 1 nitrogen and oxygen atoms in total. The SMILES string of the molecule is C=NC1CCC2CC(/C(C)=C/C=C(\C)C#CCCC)CCC2C1. The Labute approximate surface area is 143 Å². The van der Waals surface area contributed by atoms with E-state index in [0.29, 0.717) is 6.04 Å². The van der Waals surface area contributed by atoms with Gasteiger partial charge in [0.05, 0.1) is 0 Å². The molecule has 23 heavy (non-hydrogen) atoms. The second-order valence-corrected chi connectivity index (χ2v) is 7.49. The van der Waals surface area contributed by atoms with Crippen molar-refractivity contribution in [2.75, 3.05) is 0 Å². The van der Waals surface area contributed by atoms with Gasteiger partial charge in [0.25, 0.3) is 0 Å². The summed E-state index contributed by atoms with van der Waals surface area (Å²) in [5.41, 5.74) is 2.73. The molecule has 0 heterocycles. The van der Waals surface area contributed by atoms with E-state index in [-0.39, 0.29) is 0 Å². The molecule has 0 aliphatic heterocycles. The van der Waals surface area contributed by atoms with Gasteiger partial charge in [0.1, 0.15) is 0 Å². The molecule has 0 spiro atoms. The molecule has 2 aliphatic rings. The zero-order valence-electron chi connectivity index (χ0n) is 15.3. The fraction of sp³-hybridized carbons (Fsp3) is 0.682. The van der Waals surface area contributed by atoms with Crippen LogP contribution in [0, 0.1) is 29.6 Å². The van der Waals surface area contributed by atoms with Gasteiger partial charge in [-0.2, -0.15) is 0 Å². The van der Waals surface area contributed by atoms with Crippen LogP contribution in [0.3, 0.4) is 0 Å². The summed E-state index contributed by atoms with van der Waals surface area (Å²) in [6.07, 6.45) is 14.7. The normalized spacial score (nSPS) is 31.8. The molecule has 0 aromatic carbocycles. The highest BCUT2D eigenvalue weighted by atomic mass is 14.8. The Hall–Kier alpha value is -1.29. The van der Waals surface area contributed by atoms with E-state index in [2.05, 4.69) is 56.5 Å². The summed E-state index contributed by atoms with van der Waals surface area (Å²) in [7, 11) is 0. The first-order chi connectivity index (χ1) is 11.1.